The Bertz CT molecular complexity index is 967. The molecule has 144 valence electrons. The molecule has 3 rings (SSSR count). The Hall–Kier alpha value is -3.20. The van der Waals surface area contributed by atoms with Gasteiger partial charge in [-0.05, 0) is 58.3 Å². The molecule has 2 aromatic carbocycles. The molecular weight excluding hydrogens is 376 g/mol. The predicted octanol–water partition coefficient (Wildman–Crippen LogP) is 2.62. The van der Waals surface area contributed by atoms with Crippen LogP contribution in [0.2, 0.25) is 0 Å². The lowest BCUT2D eigenvalue weighted by atomic mass is 10.0. The number of tetrazole rings is 1. The van der Waals surface area contributed by atoms with Gasteiger partial charge in [-0.1, -0.05) is 37.7 Å². The minimum Gasteiger partial charge on any atom is -0.366 e. The largest absolute Gasteiger partial charge is 0.366 e. The van der Waals surface area contributed by atoms with Crippen LogP contribution in [-0.4, -0.2) is 37.8 Å². The Morgan fingerprint density at radius 1 is 1.11 bits per heavy atom. The van der Waals surface area contributed by atoms with E-state index in [-0.39, 0.29) is 11.7 Å². The van der Waals surface area contributed by atoms with Crippen LogP contribution in [-0.2, 0) is 4.79 Å². The third kappa shape index (κ3) is 4.74. The molecule has 0 fully saturated rings. The van der Waals surface area contributed by atoms with Gasteiger partial charge in [0.1, 0.15) is 0 Å². The number of rotatable bonds is 7. The zero-order valence-corrected chi connectivity index (χ0v) is 16.3. The highest BCUT2D eigenvalue weighted by Crippen LogP contribution is 2.21. The number of primary amides is 1. The van der Waals surface area contributed by atoms with Gasteiger partial charge in [-0.3, -0.25) is 9.59 Å². The first-order chi connectivity index (χ1) is 13.4. The van der Waals surface area contributed by atoms with Crippen LogP contribution in [0.4, 0.5) is 5.69 Å². The quantitative estimate of drug-likeness (QED) is 0.593. The van der Waals surface area contributed by atoms with Gasteiger partial charge < -0.3 is 11.1 Å². The van der Waals surface area contributed by atoms with Gasteiger partial charge >= 0.3 is 0 Å². The lowest BCUT2D eigenvalue weighted by Gasteiger charge is -2.08. The number of carbonyl (C=O) groups excluding carboxylic acids is 2. The maximum absolute atomic E-state index is 12.2. The van der Waals surface area contributed by atoms with E-state index in [1.807, 2.05) is 24.3 Å². The second-order valence-electron chi connectivity index (χ2n) is 6.40. The average molecular weight is 396 g/mol. The van der Waals surface area contributed by atoms with Gasteiger partial charge in [-0.2, -0.15) is 4.68 Å². The van der Waals surface area contributed by atoms with Gasteiger partial charge in [0.2, 0.25) is 17.0 Å². The highest BCUT2D eigenvalue weighted by atomic mass is 32.2. The Morgan fingerprint density at radius 2 is 1.79 bits per heavy atom. The molecule has 0 aliphatic heterocycles. The van der Waals surface area contributed by atoms with Crippen LogP contribution in [0.15, 0.2) is 53.7 Å². The number of hydrogen-bond donors (Lipinski definition) is 2. The molecule has 0 saturated carbocycles. The number of aromatic nitrogens is 4. The summed E-state index contributed by atoms with van der Waals surface area (Å²) in [7, 11) is 0. The molecule has 28 heavy (non-hydrogen) atoms. The molecule has 2 amide bonds. The van der Waals surface area contributed by atoms with E-state index in [4.69, 9.17) is 5.73 Å². The molecule has 0 aliphatic rings. The predicted molar refractivity (Wildman–Crippen MR) is 108 cm³/mol. The van der Waals surface area contributed by atoms with Gasteiger partial charge in [0.05, 0.1) is 11.4 Å². The normalized spacial score (nSPS) is 10.8. The second kappa shape index (κ2) is 8.66. The minimum absolute atomic E-state index is 0.141. The standard InChI is InChI=1S/C19H20N6O2S/c1-12(2)13-5-9-16(10-6-13)25-19(22-23-24-25)28-11-17(26)21-15-7-3-14(4-8-15)18(20)27/h3-10,12H,11H2,1-2H3,(H2,20,27)(H,21,26). The molecule has 0 unspecified atom stereocenters. The fraction of sp³-hybridized carbons (Fsp3) is 0.211. The fourth-order valence-electron chi connectivity index (χ4n) is 2.48. The monoisotopic (exact) mass is 396 g/mol. The van der Waals surface area contributed by atoms with Crippen molar-refractivity contribution in [3.8, 4) is 5.69 Å². The van der Waals surface area contributed by atoms with Crippen LogP contribution in [0.5, 0.6) is 0 Å². The SMILES string of the molecule is CC(C)c1ccc(-n2nnnc2SCC(=O)Nc2ccc(C(N)=O)cc2)cc1. The topological polar surface area (TPSA) is 116 Å². The van der Waals surface area contributed by atoms with Crippen LogP contribution in [0, 0.1) is 0 Å². The number of nitrogens with zero attached hydrogens (tertiary/aromatic N) is 4. The summed E-state index contributed by atoms with van der Waals surface area (Å²) in [5.74, 6) is -0.136. The van der Waals surface area contributed by atoms with Gasteiger partial charge in [-0.15, -0.1) is 5.10 Å². The Morgan fingerprint density at radius 3 is 2.39 bits per heavy atom. The van der Waals surface area contributed by atoms with E-state index in [1.165, 1.54) is 17.3 Å². The number of anilines is 1. The number of carbonyl (C=O) groups is 2. The zero-order valence-electron chi connectivity index (χ0n) is 15.5. The van der Waals surface area contributed by atoms with Crippen molar-refractivity contribution >= 4 is 29.3 Å². The minimum atomic E-state index is -0.512. The summed E-state index contributed by atoms with van der Waals surface area (Å²) in [6.07, 6.45) is 0. The van der Waals surface area contributed by atoms with Crippen LogP contribution in [0.1, 0.15) is 35.7 Å². The molecule has 0 saturated heterocycles. The molecule has 1 heterocycles. The van der Waals surface area contributed by atoms with E-state index in [1.54, 1.807) is 28.9 Å². The van der Waals surface area contributed by atoms with Crippen molar-refractivity contribution in [2.75, 3.05) is 11.1 Å². The summed E-state index contributed by atoms with van der Waals surface area (Å²) in [6, 6.07) is 14.4. The van der Waals surface area contributed by atoms with Gasteiger partial charge in [-0.25, -0.2) is 0 Å². The molecule has 0 aliphatic carbocycles. The number of nitrogens with two attached hydrogens (primary N) is 1. The van der Waals surface area contributed by atoms with Crippen molar-refractivity contribution in [2.45, 2.75) is 24.9 Å². The van der Waals surface area contributed by atoms with E-state index < -0.39 is 5.91 Å². The number of amides is 2. The summed E-state index contributed by atoms with van der Waals surface area (Å²) in [6.45, 7) is 4.26. The Balaban J connectivity index is 1.61. The van der Waals surface area contributed by atoms with Gasteiger partial charge in [0.15, 0.2) is 0 Å². The Labute approximate surface area is 166 Å². The summed E-state index contributed by atoms with van der Waals surface area (Å²) in [5.41, 5.74) is 8.23. The Kier molecular flexibility index (Phi) is 6.05. The average Bonchev–Trinajstić information content (AvgIpc) is 3.15. The van der Waals surface area contributed by atoms with Crippen molar-refractivity contribution in [3.05, 3.63) is 59.7 Å². The number of thioether (sulfide) groups is 1. The first-order valence-electron chi connectivity index (χ1n) is 8.65. The third-order valence-corrected chi connectivity index (χ3v) is 4.95. The van der Waals surface area contributed by atoms with Gasteiger partial charge in [0, 0.05) is 11.3 Å². The molecule has 8 nitrogen and oxygen atoms in total. The van der Waals surface area contributed by atoms with E-state index in [0.717, 1.165) is 5.69 Å². The van der Waals surface area contributed by atoms with Crippen LogP contribution >= 0.6 is 11.8 Å². The van der Waals surface area contributed by atoms with Crippen molar-refractivity contribution < 1.29 is 9.59 Å². The van der Waals surface area contributed by atoms with Crippen LogP contribution in [0.3, 0.4) is 0 Å². The fourth-order valence-corrected chi connectivity index (χ4v) is 3.17. The number of benzene rings is 2. The first kappa shape index (κ1) is 19.6. The van der Waals surface area contributed by atoms with Crippen molar-refractivity contribution in [2.24, 2.45) is 5.73 Å². The lowest BCUT2D eigenvalue weighted by molar-refractivity contribution is -0.113. The van der Waals surface area contributed by atoms with E-state index in [2.05, 4.69) is 34.7 Å². The molecule has 9 heteroatoms. The first-order valence-corrected chi connectivity index (χ1v) is 9.64. The zero-order chi connectivity index (χ0) is 20.1. The molecule has 0 spiro atoms. The number of hydrogen-bond acceptors (Lipinski definition) is 6. The lowest BCUT2D eigenvalue weighted by Crippen LogP contribution is -2.15. The summed E-state index contributed by atoms with van der Waals surface area (Å²) in [4.78, 5) is 23.3. The summed E-state index contributed by atoms with van der Waals surface area (Å²) in [5, 5.41) is 15.0. The molecule has 3 N–H and O–H groups in total. The van der Waals surface area contributed by atoms with Gasteiger partial charge in [0.25, 0.3) is 0 Å². The highest BCUT2D eigenvalue weighted by molar-refractivity contribution is 7.99. The van der Waals surface area contributed by atoms with Crippen molar-refractivity contribution in [1.82, 2.24) is 20.2 Å². The molecule has 3 aromatic rings. The summed E-state index contributed by atoms with van der Waals surface area (Å²) < 4.78 is 1.60. The maximum Gasteiger partial charge on any atom is 0.248 e. The van der Waals surface area contributed by atoms with Crippen LogP contribution < -0.4 is 11.1 Å². The highest BCUT2D eigenvalue weighted by Gasteiger charge is 2.12. The molecule has 0 radical (unpaired) electrons. The summed E-state index contributed by atoms with van der Waals surface area (Å²) >= 11 is 1.24. The molecular formula is C19H20N6O2S. The van der Waals surface area contributed by atoms with E-state index >= 15 is 0 Å². The molecule has 0 bridgehead atoms. The van der Waals surface area contributed by atoms with Crippen molar-refractivity contribution in [3.63, 3.8) is 0 Å². The maximum atomic E-state index is 12.2. The smallest absolute Gasteiger partial charge is 0.248 e. The van der Waals surface area contributed by atoms with Crippen LogP contribution in [0.25, 0.3) is 5.69 Å². The number of nitrogens with one attached hydrogen (secondary N) is 1. The van der Waals surface area contributed by atoms with Crippen molar-refractivity contribution in [1.29, 1.82) is 0 Å². The second-order valence-corrected chi connectivity index (χ2v) is 7.34. The molecule has 0 atom stereocenters. The van der Waals surface area contributed by atoms with E-state index in [9.17, 15) is 9.59 Å². The van der Waals surface area contributed by atoms with E-state index in [0.29, 0.717) is 22.3 Å². The third-order valence-electron chi connectivity index (χ3n) is 4.03. The molecule has 1 aromatic heterocycles.